The number of nitrogens with one attached hydrogen (secondary N) is 2. The van der Waals surface area contributed by atoms with E-state index >= 15 is 0 Å². The topological polar surface area (TPSA) is 71.1 Å². The third kappa shape index (κ3) is 4.76. The zero-order valence-corrected chi connectivity index (χ0v) is 15.6. The largest absolute Gasteiger partial charge is 0.344 e. The summed E-state index contributed by atoms with van der Waals surface area (Å²) in [4.78, 5) is 28.7. The maximum atomic E-state index is 12.6. The Bertz CT molecular complexity index is 784. The maximum absolute atomic E-state index is 12.6. The number of rotatable bonds is 7. The van der Waals surface area contributed by atoms with Crippen LogP contribution >= 0.6 is 11.3 Å². The predicted octanol–water partition coefficient (Wildman–Crippen LogP) is 3.56. The fourth-order valence-electron chi connectivity index (χ4n) is 2.41. The van der Waals surface area contributed by atoms with E-state index in [0.29, 0.717) is 5.69 Å². The van der Waals surface area contributed by atoms with Crippen LogP contribution in [0.2, 0.25) is 0 Å². The fraction of sp³-hybridized carbons (Fsp3) is 0.316. The summed E-state index contributed by atoms with van der Waals surface area (Å²) in [5.41, 5.74) is 1.82. The minimum atomic E-state index is -0.505. The lowest BCUT2D eigenvalue weighted by Crippen LogP contribution is -2.43. The zero-order valence-electron chi connectivity index (χ0n) is 14.8. The molecule has 5 nitrogen and oxygen atoms in total. The third-order valence-corrected chi connectivity index (χ3v) is 5.25. The van der Waals surface area contributed by atoms with Crippen molar-refractivity contribution in [3.63, 3.8) is 0 Å². The molecule has 2 amide bonds. The molecule has 1 atom stereocenters. The zero-order chi connectivity index (χ0) is 18.4. The molecule has 0 saturated heterocycles. The number of hydrogen-bond donors (Lipinski definition) is 2. The molecule has 0 aliphatic heterocycles. The fourth-order valence-corrected chi connectivity index (χ4v) is 3.39. The first-order valence-electron chi connectivity index (χ1n) is 8.13. The van der Waals surface area contributed by atoms with Crippen LogP contribution in [0.5, 0.6) is 0 Å². The second-order valence-corrected chi connectivity index (χ2v) is 6.91. The average molecular weight is 357 g/mol. The highest BCUT2D eigenvalue weighted by atomic mass is 32.1. The molecule has 0 spiro atoms. The molecular weight excluding hydrogens is 334 g/mol. The Morgan fingerprint density at radius 1 is 1.36 bits per heavy atom. The summed E-state index contributed by atoms with van der Waals surface area (Å²) in [5, 5.41) is 8.70. The van der Waals surface area contributed by atoms with Crippen molar-refractivity contribution >= 4 is 28.8 Å². The second-order valence-electron chi connectivity index (χ2n) is 6.06. The van der Waals surface area contributed by atoms with Crippen molar-refractivity contribution in [1.29, 1.82) is 0 Å². The summed E-state index contributed by atoms with van der Waals surface area (Å²) in [7, 11) is 0. The number of thiazole rings is 1. The highest BCUT2D eigenvalue weighted by molar-refractivity contribution is 7.09. The van der Waals surface area contributed by atoms with Gasteiger partial charge in [0.1, 0.15) is 5.01 Å². The monoisotopic (exact) mass is 357 g/mol. The number of para-hydroxylation sites is 1. The Kier molecular flexibility index (Phi) is 6.09. The molecule has 0 fully saturated rings. The van der Waals surface area contributed by atoms with E-state index in [-0.39, 0.29) is 18.2 Å². The Labute approximate surface area is 152 Å². The number of carbonyl (C=O) groups is 2. The summed E-state index contributed by atoms with van der Waals surface area (Å²) in [6, 6.07) is 7.26. The number of aromatic nitrogens is 1. The van der Waals surface area contributed by atoms with Gasteiger partial charge in [-0.05, 0) is 38.0 Å². The quantitative estimate of drug-likeness (QED) is 0.744. The lowest BCUT2D eigenvalue weighted by molar-refractivity contribution is -0.122. The molecule has 0 aliphatic carbocycles. The molecular formula is C19H23N3O2S. The Hall–Kier alpha value is -2.47. The summed E-state index contributed by atoms with van der Waals surface area (Å²) in [5.74, 6) is -0.415. The molecule has 0 aliphatic rings. The smallest absolute Gasteiger partial charge is 0.247 e. The van der Waals surface area contributed by atoms with Gasteiger partial charge in [0.25, 0.3) is 0 Å². The first kappa shape index (κ1) is 18.9. The van der Waals surface area contributed by atoms with Gasteiger partial charge in [-0.3, -0.25) is 9.59 Å². The van der Waals surface area contributed by atoms with Crippen LogP contribution in [0.15, 0.2) is 42.3 Å². The van der Waals surface area contributed by atoms with E-state index in [0.717, 1.165) is 22.7 Å². The molecule has 0 radical (unpaired) electrons. The normalized spacial score (nSPS) is 12.9. The number of anilines is 1. The summed E-state index contributed by atoms with van der Waals surface area (Å²) in [6.45, 7) is 9.39. The molecule has 2 rings (SSSR count). The molecule has 132 valence electrons. The van der Waals surface area contributed by atoms with Gasteiger partial charge in [0, 0.05) is 16.8 Å². The van der Waals surface area contributed by atoms with Gasteiger partial charge in [-0.1, -0.05) is 31.7 Å². The van der Waals surface area contributed by atoms with E-state index in [9.17, 15) is 9.59 Å². The lowest BCUT2D eigenvalue weighted by Gasteiger charge is -2.27. The van der Waals surface area contributed by atoms with Gasteiger partial charge in [0.15, 0.2) is 0 Å². The lowest BCUT2D eigenvalue weighted by atomic mass is 9.99. The van der Waals surface area contributed by atoms with Crippen molar-refractivity contribution in [1.82, 2.24) is 10.3 Å². The number of nitrogens with zero attached hydrogens (tertiary/aromatic N) is 1. The van der Waals surface area contributed by atoms with E-state index in [2.05, 4.69) is 22.2 Å². The number of benzene rings is 1. The highest BCUT2D eigenvalue weighted by Gasteiger charge is 2.29. The van der Waals surface area contributed by atoms with E-state index in [1.54, 1.807) is 17.4 Å². The van der Waals surface area contributed by atoms with Crippen LogP contribution in [-0.2, 0) is 21.5 Å². The van der Waals surface area contributed by atoms with E-state index < -0.39 is 5.54 Å². The molecule has 1 aromatic heterocycles. The number of aryl methyl sites for hydroxylation is 1. The van der Waals surface area contributed by atoms with E-state index in [1.165, 1.54) is 6.08 Å². The first-order valence-corrected chi connectivity index (χ1v) is 9.01. The van der Waals surface area contributed by atoms with Gasteiger partial charge in [-0.15, -0.1) is 11.3 Å². The van der Waals surface area contributed by atoms with Crippen LogP contribution in [-0.4, -0.2) is 16.8 Å². The molecule has 1 unspecified atom stereocenters. The molecule has 0 saturated carbocycles. The first-order chi connectivity index (χ1) is 11.9. The minimum Gasteiger partial charge on any atom is -0.344 e. The third-order valence-electron chi connectivity index (χ3n) is 4.03. The van der Waals surface area contributed by atoms with Crippen LogP contribution in [0.3, 0.4) is 0 Å². The Morgan fingerprint density at radius 3 is 2.68 bits per heavy atom. The van der Waals surface area contributed by atoms with E-state index in [1.807, 2.05) is 44.4 Å². The van der Waals surface area contributed by atoms with Gasteiger partial charge in [0.05, 0.1) is 12.0 Å². The van der Waals surface area contributed by atoms with Crippen molar-refractivity contribution in [2.24, 2.45) is 0 Å². The van der Waals surface area contributed by atoms with Crippen molar-refractivity contribution in [3.05, 3.63) is 58.6 Å². The number of carbonyl (C=O) groups excluding carboxylic acids is 2. The van der Waals surface area contributed by atoms with Crippen molar-refractivity contribution < 1.29 is 9.59 Å². The molecule has 6 heteroatoms. The van der Waals surface area contributed by atoms with Gasteiger partial charge in [-0.25, -0.2) is 4.98 Å². The SMILES string of the molecule is C=CC(=O)Nc1ccccc1CC(=O)NC(C)(CC)c1nc(C)cs1. The second kappa shape index (κ2) is 8.07. The Morgan fingerprint density at radius 2 is 2.08 bits per heavy atom. The van der Waals surface area contributed by atoms with Gasteiger partial charge in [0.2, 0.25) is 11.8 Å². The van der Waals surface area contributed by atoms with Crippen molar-refractivity contribution in [3.8, 4) is 0 Å². The average Bonchev–Trinajstić information content (AvgIpc) is 3.03. The van der Waals surface area contributed by atoms with Crippen LogP contribution in [0.1, 0.15) is 36.5 Å². The number of amides is 2. The molecule has 1 heterocycles. The van der Waals surface area contributed by atoms with Gasteiger partial charge in [-0.2, -0.15) is 0 Å². The van der Waals surface area contributed by atoms with Crippen LogP contribution in [0.4, 0.5) is 5.69 Å². The van der Waals surface area contributed by atoms with E-state index in [4.69, 9.17) is 0 Å². The van der Waals surface area contributed by atoms with Crippen molar-refractivity contribution in [2.75, 3.05) is 5.32 Å². The minimum absolute atomic E-state index is 0.113. The maximum Gasteiger partial charge on any atom is 0.247 e. The predicted molar refractivity (Wildman–Crippen MR) is 102 cm³/mol. The van der Waals surface area contributed by atoms with Crippen LogP contribution < -0.4 is 10.6 Å². The number of hydrogen-bond acceptors (Lipinski definition) is 4. The van der Waals surface area contributed by atoms with Crippen LogP contribution in [0.25, 0.3) is 0 Å². The van der Waals surface area contributed by atoms with Crippen molar-refractivity contribution in [2.45, 2.75) is 39.2 Å². The summed E-state index contributed by atoms with van der Waals surface area (Å²) < 4.78 is 0. The Balaban J connectivity index is 2.14. The molecule has 2 N–H and O–H groups in total. The summed E-state index contributed by atoms with van der Waals surface area (Å²) in [6.07, 6.45) is 2.11. The standard InChI is InChI=1S/C19H23N3O2S/c1-5-16(23)21-15-10-8-7-9-14(15)11-17(24)22-19(4,6-2)18-20-13(3)12-25-18/h5,7-10,12H,1,6,11H2,2-4H3,(H,21,23)(H,22,24). The molecule has 0 bridgehead atoms. The van der Waals surface area contributed by atoms with Gasteiger partial charge >= 0.3 is 0 Å². The highest BCUT2D eigenvalue weighted by Crippen LogP contribution is 2.28. The molecule has 1 aromatic carbocycles. The molecule has 25 heavy (non-hydrogen) atoms. The van der Waals surface area contributed by atoms with Crippen LogP contribution in [0, 0.1) is 6.92 Å². The molecule has 2 aromatic rings. The van der Waals surface area contributed by atoms with Gasteiger partial charge < -0.3 is 10.6 Å². The summed E-state index contributed by atoms with van der Waals surface area (Å²) >= 11 is 1.55.